The number of fused-ring (bicyclic) bond motifs is 2. The number of aromatic nitrogens is 5. The number of benzene rings is 2. The molecule has 0 saturated heterocycles. The van der Waals surface area contributed by atoms with Gasteiger partial charge in [-0.25, -0.2) is 23.7 Å². The Bertz CT molecular complexity index is 1520. The Labute approximate surface area is 201 Å². The van der Waals surface area contributed by atoms with Crippen LogP contribution in [0.3, 0.4) is 0 Å². The normalized spacial score (nSPS) is 15.0. The van der Waals surface area contributed by atoms with Gasteiger partial charge in [0.1, 0.15) is 17.5 Å². The highest BCUT2D eigenvalue weighted by molar-refractivity contribution is 5.80. The van der Waals surface area contributed by atoms with Crippen LogP contribution in [0, 0.1) is 11.6 Å². The van der Waals surface area contributed by atoms with Gasteiger partial charge in [0.15, 0.2) is 0 Å². The van der Waals surface area contributed by atoms with Crippen molar-refractivity contribution < 1.29 is 8.78 Å². The van der Waals surface area contributed by atoms with Crippen molar-refractivity contribution in [3.05, 3.63) is 84.4 Å². The summed E-state index contributed by atoms with van der Waals surface area (Å²) in [5.41, 5.74) is 4.12. The summed E-state index contributed by atoms with van der Waals surface area (Å²) < 4.78 is 32.0. The van der Waals surface area contributed by atoms with Crippen molar-refractivity contribution in [2.45, 2.75) is 32.4 Å². The Morgan fingerprint density at radius 3 is 2.66 bits per heavy atom. The lowest BCUT2D eigenvalue weighted by Gasteiger charge is -2.19. The van der Waals surface area contributed by atoms with E-state index in [9.17, 15) is 8.78 Å². The van der Waals surface area contributed by atoms with Crippen molar-refractivity contribution in [3.8, 4) is 22.6 Å². The second-order valence-electron chi connectivity index (χ2n) is 8.76. The van der Waals surface area contributed by atoms with Gasteiger partial charge in [0.05, 0.1) is 28.6 Å². The van der Waals surface area contributed by atoms with Gasteiger partial charge in [0.2, 0.25) is 5.95 Å². The summed E-state index contributed by atoms with van der Waals surface area (Å²) in [5, 5.41) is 4.18. The van der Waals surface area contributed by atoms with Gasteiger partial charge < -0.3 is 14.5 Å². The van der Waals surface area contributed by atoms with Gasteiger partial charge in [0.25, 0.3) is 0 Å². The first kappa shape index (κ1) is 21.5. The molecule has 0 radical (unpaired) electrons. The molecule has 0 bridgehead atoms. The van der Waals surface area contributed by atoms with E-state index in [4.69, 9.17) is 9.97 Å². The van der Waals surface area contributed by atoms with E-state index in [2.05, 4.69) is 19.4 Å². The first-order valence-electron chi connectivity index (χ1n) is 11.8. The third-order valence-electron chi connectivity index (χ3n) is 6.54. The summed E-state index contributed by atoms with van der Waals surface area (Å²) in [6.45, 7) is 3.38. The van der Waals surface area contributed by atoms with Crippen molar-refractivity contribution in [3.63, 3.8) is 0 Å². The van der Waals surface area contributed by atoms with E-state index in [0.29, 0.717) is 19.0 Å². The predicted molar refractivity (Wildman–Crippen MR) is 132 cm³/mol. The summed E-state index contributed by atoms with van der Waals surface area (Å²) in [6.07, 6.45) is 5.48. The Hall–Kier alpha value is -4.07. The third kappa shape index (κ3) is 3.84. The van der Waals surface area contributed by atoms with Gasteiger partial charge in [-0.05, 0) is 73.3 Å². The van der Waals surface area contributed by atoms with E-state index in [0.717, 1.165) is 52.2 Å². The molecule has 2 aromatic carbocycles. The molecule has 0 amide bonds. The van der Waals surface area contributed by atoms with Crippen LogP contribution in [0.15, 0.2) is 67.0 Å². The van der Waals surface area contributed by atoms with Crippen LogP contribution >= 0.6 is 0 Å². The lowest BCUT2D eigenvalue weighted by Crippen LogP contribution is -2.14. The number of hydrogen-bond donors (Lipinski definition) is 1. The monoisotopic (exact) mass is 470 g/mol. The molecule has 8 heteroatoms. The van der Waals surface area contributed by atoms with Crippen LogP contribution in [0.5, 0.6) is 0 Å². The van der Waals surface area contributed by atoms with Crippen LogP contribution in [-0.2, 0) is 13.0 Å². The van der Waals surface area contributed by atoms with E-state index >= 15 is 0 Å². The summed E-state index contributed by atoms with van der Waals surface area (Å²) in [7, 11) is 0. The maximum atomic E-state index is 14.0. The Balaban J connectivity index is 1.48. The maximum Gasteiger partial charge on any atom is 0.223 e. The number of halogens is 2. The molecule has 0 spiro atoms. The highest BCUT2D eigenvalue weighted by Crippen LogP contribution is 2.40. The van der Waals surface area contributed by atoms with Crippen LogP contribution < -0.4 is 5.32 Å². The summed E-state index contributed by atoms with van der Waals surface area (Å²) >= 11 is 0. The van der Waals surface area contributed by atoms with E-state index in [1.54, 1.807) is 30.5 Å². The van der Waals surface area contributed by atoms with Crippen molar-refractivity contribution in [2.75, 3.05) is 11.9 Å². The quantitative estimate of drug-likeness (QED) is 0.338. The molecule has 0 saturated carbocycles. The smallest absolute Gasteiger partial charge is 0.223 e. The van der Waals surface area contributed by atoms with E-state index in [1.807, 2.05) is 25.3 Å². The fraction of sp³-hybridized carbons (Fsp3) is 0.222. The highest BCUT2D eigenvalue weighted by atomic mass is 19.1. The van der Waals surface area contributed by atoms with E-state index < -0.39 is 0 Å². The van der Waals surface area contributed by atoms with Gasteiger partial charge in [-0.2, -0.15) is 0 Å². The van der Waals surface area contributed by atoms with Crippen LogP contribution in [0.4, 0.5) is 14.7 Å². The SMILES string of the molecule is CCNc1nccc(-c2c(-c3ccc(F)cc3)nc3n2[C@H](Cn2ccc4ccc(F)cc42)CC3)n1. The molecule has 1 N–H and O–H groups in total. The molecule has 35 heavy (non-hydrogen) atoms. The average molecular weight is 471 g/mol. The molecule has 176 valence electrons. The number of anilines is 1. The van der Waals surface area contributed by atoms with Crippen molar-refractivity contribution in [1.29, 1.82) is 0 Å². The average Bonchev–Trinajstić information content (AvgIpc) is 3.55. The summed E-state index contributed by atoms with van der Waals surface area (Å²) in [6, 6.07) is 15.3. The molecule has 5 aromatic rings. The van der Waals surface area contributed by atoms with Crippen molar-refractivity contribution >= 4 is 16.9 Å². The molecule has 1 aliphatic rings. The Kier molecular flexibility index (Phi) is 5.28. The zero-order chi connectivity index (χ0) is 23.9. The van der Waals surface area contributed by atoms with Crippen LogP contribution in [0.1, 0.15) is 25.2 Å². The number of nitrogens with zero attached hydrogens (tertiary/aromatic N) is 5. The molecule has 0 unspecified atom stereocenters. The van der Waals surface area contributed by atoms with Gasteiger partial charge >= 0.3 is 0 Å². The zero-order valence-electron chi connectivity index (χ0n) is 19.2. The first-order valence-corrected chi connectivity index (χ1v) is 11.8. The predicted octanol–water partition coefficient (Wildman–Crippen LogP) is 5.86. The molecule has 3 aromatic heterocycles. The topological polar surface area (TPSA) is 60.6 Å². The number of aryl methyl sites for hydroxylation is 1. The molecule has 6 nitrogen and oxygen atoms in total. The molecule has 0 aliphatic carbocycles. The summed E-state index contributed by atoms with van der Waals surface area (Å²) in [5.74, 6) is 0.981. The summed E-state index contributed by atoms with van der Waals surface area (Å²) in [4.78, 5) is 14.1. The number of nitrogens with one attached hydrogen (secondary N) is 1. The fourth-order valence-corrected chi connectivity index (χ4v) is 4.98. The van der Waals surface area contributed by atoms with Crippen molar-refractivity contribution in [2.24, 2.45) is 0 Å². The van der Waals surface area contributed by atoms with Gasteiger partial charge in [-0.15, -0.1) is 0 Å². The molecule has 6 rings (SSSR count). The molecule has 1 atom stereocenters. The van der Waals surface area contributed by atoms with E-state index in [-0.39, 0.29) is 17.7 Å². The van der Waals surface area contributed by atoms with Crippen LogP contribution in [0.2, 0.25) is 0 Å². The fourth-order valence-electron chi connectivity index (χ4n) is 4.98. The minimum absolute atomic E-state index is 0.109. The Morgan fingerprint density at radius 2 is 1.83 bits per heavy atom. The molecule has 0 fully saturated rings. The largest absolute Gasteiger partial charge is 0.354 e. The lowest BCUT2D eigenvalue weighted by atomic mass is 10.1. The van der Waals surface area contributed by atoms with Gasteiger partial charge in [-0.3, -0.25) is 0 Å². The zero-order valence-corrected chi connectivity index (χ0v) is 19.2. The Morgan fingerprint density at radius 1 is 1.00 bits per heavy atom. The lowest BCUT2D eigenvalue weighted by molar-refractivity contribution is 0.459. The number of hydrogen-bond acceptors (Lipinski definition) is 4. The molecular weight excluding hydrogens is 446 g/mol. The van der Waals surface area contributed by atoms with Crippen LogP contribution in [-0.4, -0.2) is 30.6 Å². The second-order valence-corrected chi connectivity index (χ2v) is 8.76. The first-order chi connectivity index (χ1) is 17.1. The third-order valence-corrected chi connectivity index (χ3v) is 6.54. The standard InChI is InChI=1S/C27H24F2N6/c1-2-30-27-31-13-11-22(32-27)26-25(18-4-6-19(28)7-5-18)33-24-10-9-21(35(24)26)16-34-14-12-17-3-8-20(29)15-23(17)34/h3-8,11-15,21H,2,9-10,16H2,1H3,(H,30,31,32)/t21-/m0/s1. The highest BCUT2D eigenvalue weighted by Gasteiger charge is 2.31. The van der Waals surface area contributed by atoms with Crippen LogP contribution in [0.25, 0.3) is 33.5 Å². The minimum atomic E-state index is -0.289. The van der Waals surface area contributed by atoms with E-state index in [1.165, 1.54) is 18.2 Å². The molecule has 1 aliphatic heterocycles. The number of imidazole rings is 1. The van der Waals surface area contributed by atoms with Gasteiger partial charge in [0, 0.05) is 37.5 Å². The molecular formula is C27H24F2N6. The maximum absolute atomic E-state index is 14.0. The van der Waals surface area contributed by atoms with Gasteiger partial charge in [-0.1, -0.05) is 0 Å². The second kappa shape index (κ2) is 8.61. The number of rotatable bonds is 6. The van der Waals surface area contributed by atoms with Crippen molar-refractivity contribution in [1.82, 2.24) is 24.1 Å². The molecule has 4 heterocycles. The minimum Gasteiger partial charge on any atom is -0.354 e.